The SMILES string of the molecule is C=CCOc1ccc(Cl)cc1CO. The molecule has 13 heavy (non-hydrogen) atoms. The van der Waals surface area contributed by atoms with Crippen molar-refractivity contribution in [1.29, 1.82) is 0 Å². The Bertz CT molecular complexity index is 297. The fourth-order valence-corrected chi connectivity index (χ4v) is 1.16. The van der Waals surface area contributed by atoms with Crippen LogP contribution in [-0.2, 0) is 6.61 Å². The molecule has 0 saturated carbocycles. The lowest BCUT2D eigenvalue weighted by Gasteiger charge is -2.07. The van der Waals surface area contributed by atoms with Crippen LogP contribution in [0.5, 0.6) is 5.75 Å². The van der Waals surface area contributed by atoms with Crippen LogP contribution < -0.4 is 4.74 Å². The van der Waals surface area contributed by atoms with Crippen LogP contribution >= 0.6 is 11.6 Å². The predicted octanol–water partition coefficient (Wildman–Crippen LogP) is 2.40. The van der Waals surface area contributed by atoms with E-state index >= 15 is 0 Å². The molecule has 0 aliphatic carbocycles. The molecule has 0 unspecified atom stereocenters. The van der Waals surface area contributed by atoms with Crippen LogP contribution in [0.15, 0.2) is 30.9 Å². The Morgan fingerprint density at radius 2 is 2.31 bits per heavy atom. The van der Waals surface area contributed by atoms with Gasteiger partial charge in [-0.05, 0) is 18.2 Å². The fraction of sp³-hybridized carbons (Fsp3) is 0.200. The van der Waals surface area contributed by atoms with E-state index in [-0.39, 0.29) is 6.61 Å². The van der Waals surface area contributed by atoms with E-state index in [1.165, 1.54) is 0 Å². The first-order chi connectivity index (χ1) is 6.27. The van der Waals surface area contributed by atoms with Gasteiger partial charge in [-0.1, -0.05) is 24.3 Å². The molecule has 0 aliphatic heterocycles. The topological polar surface area (TPSA) is 29.5 Å². The smallest absolute Gasteiger partial charge is 0.125 e. The van der Waals surface area contributed by atoms with Gasteiger partial charge in [-0.2, -0.15) is 0 Å². The lowest BCUT2D eigenvalue weighted by Crippen LogP contribution is -1.97. The lowest BCUT2D eigenvalue weighted by molar-refractivity contribution is 0.270. The van der Waals surface area contributed by atoms with Crippen LogP contribution in [0.3, 0.4) is 0 Å². The molecular formula is C10H11ClO2. The van der Waals surface area contributed by atoms with Crippen LogP contribution in [0.2, 0.25) is 5.02 Å². The first kappa shape index (κ1) is 10.1. The summed E-state index contributed by atoms with van der Waals surface area (Å²) in [5.74, 6) is 0.645. The van der Waals surface area contributed by atoms with E-state index in [1.807, 2.05) is 0 Å². The summed E-state index contributed by atoms with van der Waals surface area (Å²) in [5.41, 5.74) is 0.689. The van der Waals surface area contributed by atoms with Crippen molar-refractivity contribution in [2.45, 2.75) is 6.61 Å². The van der Waals surface area contributed by atoms with Gasteiger partial charge in [0.25, 0.3) is 0 Å². The second-order valence-electron chi connectivity index (χ2n) is 2.51. The van der Waals surface area contributed by atoms with E-state index in [4.69, 9.17) is 21.4 Å². The number of hydrogen-bond acceptors (Lipinski definition) is 2. The van der Waals surface area contributed by atoms with Gasteiger partial charge in [-0.15, -0.1) is 0 Å². The summed E-state index contributed by atoms with van der Waals surface area (Å²) in [6, 6.07) is 5.14. The number of ether oxygens (including phenoxy) is 1. The summed E-state index contributed by atoms with van der Waals surface area (Å²) < 4.78 is 5.30. The average Bonchev–Trinajstić information content (AvgIpc) is 2.16. The number of halogens is 1. The minimum absolute atomic E-state index is 0.0764. The van der Waals surface area contributed by atoms with Crippen LogP contribution in [-0.4, -0.2) is 11.7 Å². The predicted molar refractivity (Wildman–Crippen MR) is 53.1 cm³/mol. The van der Waals surface area contributed by atoms with Crippen LogP contribution in [0.1, 0.15) is 5.56 Å². The quantitative estimate of drug-likeness (QED) is 0.753. The van der Waals surface area contributed by atoms with E-state index < -0.39 is 0 Å². The summed E-state index contributed by atoms with van der Waals surface area (Å²) in [6.45, 7) is 3.88. The molecule has 0 spiro atoms. The minimum Gasteiger partial charge on any atom is -0.489 e. The molecule has 0 radical (unpaired) electrons. The molecule has 1 rings (SSSR count). The molecule has 70 valence electrons. The van der Waals surface area contributed by atoms with Gasteiger partial charge in [-0.25, -0.2) is 0 Å². The van der Waals surface area contributed by atoms with Crippen LogP contribution in [0.4, 0.5) is 0 Å². The van der Waals surface area contributed by atoms with Gasteiger partial charge >= 0.3 is 0 Å². The molecule has 2 nitrogen and oxygen atoms in total. The van der Waals surface area contributed by atoms with Crippen molar-refractivity contribution < 1.29 is 9.84 Å². The summed E-state index contributed by atoms with van der Waals surface area (Å²) in [5, 5.41) is 9.57. The third-order valence-corrected chi connectivity index (χ3v) is 1.78. The number of rotatable bonds is 4. The van der Waals surface area contributed by atoms with Gasteiger partial charge in [0, 0.05) is 10.6 Å². The molecule has 0 amide bonds. The van der Waals surface area contributed by atoms with Gasteiger partial charge in [0.05, 0.1) is 6.61 Å². The van der Waals surface area contributed by atoms with Crippen molar-refractivity contribution in [2.75, 3.05) is 6.61 Å². The number of benzene rings is 1. The average molecular weight is 199 g/mol. The molecule has 0 aliphatic rings. The Morgan fingerprint density at radius 1 is 1.54 bits per heavy atom. The molecule has 0 bridgehead atoms. The molecule has 1 N–H and O–H groups in total. The van der Waals surface area contributed by atoms with Gasteiger partial charge in [-0.3, -0.25) is 0 Å². The largest absolute Gasteiger partial charge is 0.489 e. The Balaban J connectivity index is 2.85. The van der Waals surface area contributed by atoms with Crippen molar-refractivity contribution in [3.05, 3.63) is 41.4 Å². The van der Waals surface area contributed by atoms with Gasteiger partial charge in [0.2, 0.25) is 0 Å². The monoisotopic (exact) mass is 198 g/mol. The van der Waals surface area contributed by atoms with E-state index in [1.54, 1.807) is 24.3 Å². The molecule has 1 aromatic rings. The molecule has 0 heterocycles. The van der Waals surface area contributed by atoms with Crippen molar-refractivity contribution in [2.24, 2.45) is 0 Å². The third-order valence-electron chi connectivity index (χ3n) is 1.55. The van der Waals surface area contributed by atoms with Crippen molar-refractivity contribution in [3.63, 3.8) is 0 Å². The second kappa shape index (κ2) is 4.90. The molecule has 0 aromatic heterocycles. The zero-order valence-corrected chi connectivity index (χ0v) is 7.92. The Morgan fingerprint density at radius 3 is 2.92 bits per heavy atom. The second-order valence-corrected chi connectivity index (χ2v) is 2.95. The summed E-state index contributed by atoms with van der Waals surface area (Å²) in [4.78, 5) is 0. The van der Waals surface area contributed by atoms with E-state index in [0.717, 1.165) is 0 Å². The van der Waals surface area contributed by atoms with Crippen LogP contribution in [0, 0.1) is 0 Å². The Labute approximate surface area is 82.4 Å². The first-order valence-corrected chi connectivity index (χ1v) is 4.28. The maximum Gasteiger partial charge on any atom is 0.125 e. The molecule has 0 saturated heterocycles. The van der Waals surface area contributed by atoms with Crippen molar-refractivity contribution >= 4 is 11.6 Å². The van der Waals surface area contributed by atoms with Crippen molar-refractivity contribution in [1.82, 2.24) is 0 Å². The highest BCUT2D eigenvalue weighted by molar-refractivity contribution is 6.30. The maximum absolute atomic E-state index is 8.98. The van der Waals surface area contributed by atoms with Crippen molar-refractivity contribution in [3.8, 4) is 5.75 Å². The summed E-state index contributed by atoms with van der Waals surface area (Å²) >= 11 is 5.74. The zero-order valence-electron chi connectivity index (χ0n) is 7.16. The summed E-state index contributed by atoms with van der Waals surface area (Å²) in [7, 11) is 0. The Hall–Kier alpha value is -0.990. The normalized spacial score (nSPS) is 9.69. The number of hydrogen-bond donors (Lipinski definition) is 1. The van der Waals surface area contributed by atoms with Gasteiger partial charge in [0.15, 0.2) is 0 Å². The molecule has 0 atom stereocenters. The molecule has 0 fully saturated rings. The maximum atomic E-state index is 8.98. The summed E-state index contributed by atoms with van der Waals surface area (Å²) in [6.07, 6.45) is 1.65. The highest BCUT2D eigenvalue weighted by Gasteiger charge is 2.02. The highest BCUT2D eigenvalue weighted by Crippen LogP contribution is 2.22. The molecular weight excluding hydrogens is 188 g/mol. The van der Waals surface area contributed by atoms with Gasteiger partial charge in [0.1, 0.15) is 12.4 Å². The molecule has 1 aromatic carbocycles. The van der Waals surface area contributed by atoms with Crippen LogP contribution in [0.25, 0.3) is 0 Å². The van der Waals surface area contributed by atoms with E-state index in [2.05, 4.69) is 6.58 Å². The highest BCUT2D eigenvalue weighted by atomic mass is 35.5. The lowest BCUT2D eigenvalue weighted by atomic mass is 10.2. The molecule has 3 heteroatoms. The standard InChI is InChI=1S/C10H11ClO2/c1-2-5-13-10-4-3-9(11)6-8(10)7-12/h2-4,6,12H,1,5,7H2. The third kappa shape index (κ3) is 2.76. The Kier molecular flexibility index (Phi) is 3.80. The number of aliphatic hydroxyl groups excluding tert-OH is 1. The van der Waals surface area contributed by atoms with E-state index in [9.17, 15) is 0 Å². The van der Waals surface area contributed by atoms with E-state index in [0.29, 0.717) is 22.9 Å². The van der Waals surface area contributed by atoms with Gasteiger partial charge < -0.3 is 9.84 Å². The fourth-order valence-electron chi connectivity index (χ4n) is 0.961. The minimum atomic E-state index is -0.0764. The zero-order chi connectivity index (χ0) is 9.68. The first-order valence-electron chi connectivity index (χ1n) is 3.91. The number of aliphatic hydroxyl groups is 1.